The van der Waals surface area contributed by atoms with Gasteiger partial charge in [0.25, 0.3) is 0 Å². The van der Waals surface area contributed by atoms with Crippen molar-refractivity contribution >= 4 is 22.5 Å². The predicted molar refractivity (Wildman–Crippen MR) is 98.6 cm³/mol. The summed E-state index contributed by atoms with van der Waals surface area (Å²) in [5.41, 5.74) is 0. The summed E-state index contributed by atoms with van der Waals surface area (Å²) in [6.45, 7) is 3.11. The lowest BCUT2D eigenvalue weighted by atomic mass is 10.1. The Labute approximate surface area is 140 Å². The van der Waals surface area contributed by atoms with E-state index in [1.165, 1.54) is 75.0 Å². The van der Waals surface area contributed by atoms with E-state index in [4.69, 9.17) is 4.74 Å². The summed E-state index contributed by atoms with van der Waals surface area (Å²) < 4.78 is 5.74. The maximum Gasteiger partial charge on any atom is 0.119 e. The van der Waals surface area contributed by atoms with Crippen molar-refractivity contribution in [1.82, 2.24) is 0 Å². The zero-order valence-corrected chi connectivity index (χ0v) is 15.1. The third-order valence-corrected chi connectivity index (χ3v) is 4.81. The van der Waals surface area contributed by atoms with Crippen molar-refractivity contribution in [3.05, 3.63) is 24.3 Å². The molecule has 0 atom stereocenters. The van der Waals surface area contributed by atoms with Crippen LogP contribution in [-0.2, 0) is 0 Å². The van der Waals surface area contributed by atoms with Gasteiger partial charge in [0.2, 0.25) is 0 Å². The number of unbranched alkanes of at least 4 members (excludes halogenated alkanes) is 9. The molecule has 0 aromatic heterocycles. The van der Waals surface area contributed by atoms with Gasteiger partial charge in [0.1, 0.15) is 5.75 Å². The highest BCUT2D eigenvalue weighted by Gasteiger charge is 1.96. The second kappa shape index (κ2) is 13.4. The fourth-order valence-corrected chi connectivity index (χ4v) is 3.00. The summed E-state index contributed by atoms with van der Waals surface area (Å²) in [6.07, 6.45) is 13.6. The topological polar surface area (TPSA) is 9.23 Å². The van der Waals surface area contributed by atoms with E-state index in [2.05, 4.69) is 18.6 Å². The molecule has 0 heterocycles. The van der Waals surface area contributed by atoms with E-state index in [1.54, 1.807) is 0 Å². The molecule has 0 fully saturated rings. The Bertz CT molecular complexity index is 338. The van der Waals surface area contributed by atoms with E-state index in [9.17, 15) is 0 Å². The highest BCUT2D eigenvalue weighted by Crippen LogP contribution is 2.23. The maximum atomic E-state index is 5.74. The lowest BCUT2D eigenvalue weighted by molar-refractivity contribution is 0.304. The van der Waals surface area contributed by atoms with Crippen molar-refractivity contribution in [2.75, 3.05) is 6.61 Å². The molecule has 3 heteroatoms. The van der Waals surface area contributed by atoms with Crippen molar-refractivity contribution < 1.29 is 4.74 Å². The summed E-state index contributed by atoms with van der Waals surface area (Å²) in [5, 5.41) is 0. The minimum absolute atomic E-state index is 0.837. The van der Waals surface area contributed by atoms with Crippen LogP contribution in [0.15, 0.2) is 29.2 Å². The number of thiol groups is 1. The summed E-state index contributed by atoms with van der Waals surface area (Å²) >= 11 is 4.17. The molecule has 0 saturated heterocycles. The van der Waals surface area contributed by atoms with Crippen molar-refractivity contribution in [3.8, 4) is 5.75 Å². The molecular formula is C18H30OS2. The quantitative estimate of drug-likeness (QED) is 0.239. The summed E-state index contributed by atoms with van der Waals surface area (Å²) in [6, 6.07) is 8.14. The van der Waals surface area contributed by atoms with Crippen LogP contribution < -0.4 is 4.74 Å². The molecule has 0 radical (unpaired) electrons. The standard InChI is InChI=1S/C18H30OS2/c1-2-3-4-5-6-7-8-9-10-11-16-19-17-12-14-18(21-20)15-13-17/h12-15,20H,2-11,16H2,1H3. The Morgan fingerprint density at radius 3 is 1.86 bits per heavy atom. The highest BCUT2D eigenvalue weighted by molar-refractivity contribution is 8.68. The van der Waals surface area contributed by atoms with Crippen molar-refractivity contribution in [2.45, 2.75) is 76.0 Å². The number of rotatable bonds is 13. The van der Waals surface area contributed by atoms with E-state index >= 15 is 0 Å². The first-order chi connectivity index (χ1) is 10.4. The normalized spacial score (nSPS) is 10.8. The van der Waals surface area contributed by atoms with Gasteiger partial charge in [-0.1, -0.05) is 75.5 Å². The monoisotopic (exact) mass is 326 g/mol. The Morgan fingerprint density at radius 1 is 0.810 bits per heavy atom. The Hall–Kier alpha value is -0.280. The van der Waals surface area contributed by atoms with Crippen LogP contribution in [0.25, 0.3) is 0 Å². The molecule has 0 spiro atoms. The van der Waals surface area contributed by atoms with Crippen molar-refractivity contribution in [3.63, 3.8) is 0 Å². The fourth-order valence-electron chi connectivity index (χ4n) is 2.38. The Balaban J connectivity index is 1.88. The van der Waals surface area contributed by atoms with Gasteiger partial charge in [0.05, 0.1) is 6.61 Å². The van der Waals surface area contributed by atoms with Gasteiger partial charge in [0.15, 0.2) is 0 Å². The van der Waals surface area contributed by atoms with Crippen LogP contribution in [0.1, 0.15) is 71.1 Å². The van der Waals surface area contributed by atoms with E-state index in [0.29, 0.717) is 0 Å². The van der Waals surface area contributed by atoms with E-state index in [-0.39, 0.29) is 0 Å². The zero-order chi connectivity index (χ0) is 15.2. The molecule has 0 unspecified atom stereocenters. The third-order valence-electron chi connectivity index (χ3n) is 3.70. The number of benzene rings is 1. The van der Waals surface area contributed by atoms with Gasteiger partial charge in [-0.25, -0.2) is 0 Å². The summed E-state index contributed by atoms with van der Waals surface area (Å²) in [5.74, 6) is 0.969. The maximum absolute atomic E-state index is 5.74. The average molecular weight is 327 g/mol. The van der Waals surface area contributed by atoms with Crippen LogP contribution in [0.4, 0.5) is 0 Å². The number of hydrogen-bond acceptors (Lipinski definition) is 3. The number of ether oxygens (including phenoxy) is 1. The second-order valence-corrected chi connectivity index (χ2v) is 6.79. The molecule has 1 aromatic carbocycles. The lowest BCUT2D eigenvalue weighted by Gasteiger charge is -2.06. The molecule has 120 valence electrons. The summed E-state index contributed by atoms with van der Waals surface area (Å²) in [4.78, 5) is 1.16. The largest absolute Gasteiger partial charge is 0.494 e. The molecule has 0 aliphatic heterocycles. The molecule has 0 saturated carbocycles. The second-order valence-electron chi connectivity index (χ2n) is 5.59. The van der Waals surface area contributed by atoms with E-state index in [1.807, 2.05) is 24.3 Å². The number of hydrogen-bond donors (Lipinski definition) is 1. The minimum Gasteiger partial charge on any atom is -0.494 e. The van der Waals surface area contributed by atoms with Crippen LogP contribution >= 0.6 is 22.5 Å². The minimum atomic E-state index is 0.837. The highest BCUT2D eigenvalue weighted by atomic mass is 33.1. The first-order valence-corrected chi connectivity index (χ1v) is 10.3. The molecule has 0 N–H and O–H groups in total. The molecule has 1 aromatic rings. The molecule has 0 bridgehead atoms. The Kier molecular flexibility index (Phi) is 12.0. The van der Waals surface area contributed by atoms with Gasteiger partial charge in [-0.2, -0.15) is 0 Å². The molecular weight excluding hydrogens is 296 g/mol. The molecule has 0 amide bonds. The lowest BCUT2D eigenvalue weighted by Crippen LogP contribution is -1.97. The van der Waals surface area contributed by atoms with Crippen LogP contribution in [0.3, 0.4) is 0 Å². The van der Waals surface area contributed by atoms with E-state index < -0.39 is 0 Å². The van der Waals surface area contributed by atoms with Gasteiger partial charge in [0, 0.05) is 4.90 Å². The fraction of sp³-hybridized carbons (Fsp3) is 0.667. The van der Waals surface area contributed by atoms with Gasteiger partial charge in [-0.05, 0) is 30.7 Å². The van der Waals surface area contributed by atoms with Crippen LogP contribution in [0.2, 0.25) is 0 Å². The van der Waals surface area contributed by atoms with Gasteiger partial charge in [-0.3, -0.25) is 0 Å². The van der Waals surface area contributed by atoms with E-state index in [0.717, 1.165) is 17.3 Å². The third kappa shape index (κ3) is 10.1. The predicted octanol–water partition coefficient (Wildman–Crippen LogP) is 6.92. The smallest absolute Gasteiger partial charge is 0.119 e. The first kappa shape index (κ1) is 18.8. The first-order valence-electron chi connectivity index (χ1n) is 8.41. The van der Waals surface area contributed by atoms with Crippen LogP contribution in [0, 0.1) is 0 Å². The van der Waals surface area contributed by atoms with Crippen molar-refractivity contribution in [1.29, 1.82) is 0 Å². The summed E-state index contributed by atoms with van der Waals surface area (Å²) in [7, 11) is 1.46. The Morgan fingerprint density at radius 2 is 1.33 bits per heavy atom. The van der Waals surface area contributed by atoms with Crippen LogP contribution in [0.5, 0.6) is 5.75 Å². The van der Waals surface area contributed by atoms with Gasteiger partial charge in [-0.15, -0.1) is 11.7 Å². The van der Waals surface area contributed by atoms with Crippen LogP contribution in [-0.4, -0.2) is 6.61 Å². The van der Waals surface area contributed by atoms with Crippen molar-refractivity contribution in [2.24, 2.45) is 0 Å². The van der Waals surface area contributed by atoms with Gasteiger partial charge >= 0.3 is 0 Å². The average Bonchev–Trinajstić information content (AvgIpc) is 2.53. The molecule has 0 aliphatic rings. The molecule has 0 aliphatic carbocycles. The molecule has 1 rings (SSSR count). The molecule has 1 nitrogen and oxygen atoms in total. The van der Waals surface area contributed by atoms with Gasteiger partial charge < -0.3 is 4.74 Å². The SMILES string of the molecule is CCCCCCCCCCCCOc1ccc(SS)cc1. The molecule has 21 heavy (non-hydrogen) atoms. The zero-order valence-electron chi connectivity index (χ0n) is 13.4.